The summed E-state index contributed by atoms with van der Waals surface area (Å²) in [6.45, 7) is 0.674. The highest BCUT2D eigenvalue weighted by Crippen LogP contribution is 2.44. The summed E-state index contributed by atoms with van der Waals surface area (Å²) >= 11 is 0. The number of anilines is 1. The number of amides is 1. The fraction of sp³-hybridized carbons (Fsp3) is 0.300. The molecule has 8 heteroatoms. The van der Waals surface area contributed by atoms with E-state index < -0.39 is 11.9 Å². The Morgan fingerprint density at radius 3 is 2.24 bits per heavy atom. The molecule has 5 N–H and O–H groups in total. The van der Waals surface area contributed by atoms with E-state index in [2.05, 4.69) is 39.9 Å². The molecule has 3 aromatic carbocycles. The highest BCUT2D eigenvalue weighted by molar-refractivity contribution is 5.94. The van der Waals surface area contributed by atoms with Crippen molar-refractivity contribution in [3.05, 3.63) is 89.5 Å². The number of nitrogens with two attached hydrogens (primary N) is 1. The van der Waals surface area contributed by atoms with Crippen LogP contribution in [-0.2, 0) is 20.9 Å². The number of guanidine groups is 1. The number of carbonyl (C=O) groups excluding carboxylic acids is 2. The molecule has 3 aromatic rings. The van der Waals surface area contributed by atoms with E-state index in [1.54, 1.807) is 31.3 Å². The van der Waals surface area contributed by atoms with Crippen LogP contribution in [0, 0.1) is 5.92 Å². The zero-order chi connectivity index (χ0) is 26.9. The van der Waals surface area contributed by atoms with Crippen LogP contribution in [0.15, 0.2) is 77.8 Å². The average molecular weight is 515 g/mol. The molecule has 1 amide bonds. The summed E-state index contributed by atoms with van der Waals surface area (Å²) in [5, 5.41) is 15.1. The second-order valence-electron chi connectivity index (χ2n) is 9.33. The number of benzene rings is 3. The third kappa shape index (κ3) is 6.58. The van der Waals surface area contributed by atoms with Crippen molar-refractivity contribution in [2.45, 2.75) is 31.8 Å². The lowest BCUT2D eigenvalue weighted by atomic mass is 9.97. The Balaban J connectivity index is 1.40. The smallest absolute Gasteiger partial charge is 0.306 e. The normalized spacial score (nSPS) is 13.4. The number of aliphatic imine (C=N–C) groups is 1. The Morgan fingerprint density at radius 2 is 1.63 bits per heavy atom. The van der Waals surface area contributed by atoms with Gasteiger partial charge in [-0.15, -0.1) is 0 Å². The first-order valence-electron chi connectivity index (χ1n) is 12.8. The van der Waals surface area contributed by atoms with E-state index in [9.17, 15) is 14.7 Å². The number of nitrogens with zero attached hydrogens (tertiary/aromatic N) is 1. The Bertz CT molecular complexity index is 1240. The molecule has 1 aliphatic rings. The maximum Gasteiger partial charge on any atom is 0.306 e. The van der Waals surface area contributed by atoms with Gasteiger partial charge in [0.2, 0.25) is 5.91 Å². The van der Waals surface area contributed by atoms with E-state index in [-0.39, 0.29) is 31.5 Å². The monoisotopic (exact) mass is 514 g/mol. The minimum Gasteiger partial charge on any atom is -0.465 e. The number of hydrogen-bond acceptors (Lipinski definition) is 5. The molecule has 198 valence electrons. The van der Waals surface area contributed by atoms with E-state index in [0.717, 1.165) is 27.8 Å². The Morgan fingerprint density at radius 1 is 1.00 bits per heavy atom. The van der Waals surface area contributed by atoms with E-state index >= 15 is 0 Å². The van der Waals surface area contributed by atoms with Crippen molar-refractivity contribution < 1.29 is 19.4 Å². The molecule has 0 aromatic heterocycles. The summed E-state index contributed by atoms with van der Waals surface area (Å²) in [5.41, 5.74) is 11.7. The van der Waals surface area contributed by atoms with Crippen LogP contribution in [0.3, 0.4) is 0 Å². The van der Waals surface area contributed by atoms with E-state index in [1.165, 1.54) is 0 Å². The van der Waals surface area contributed by atoms with Gasteiger partial charge in [-0.1, -0.05) is 60.7 Å². The Kier molecular flexibility index (Phi) is 9.11. The fourth-order valence-electron chi connectivity index (χ4n) is 4.78. The van der Waals surface area contributed by atoms with Crippen LogP contribution < -0.4 is 16.4 Å². The third-order valence-corrected chi connectivity index (χ3v) is 6.84. The summed E-state index contributed by atoms with van der Waals surface area (Å²) in [5.74, 6) is -0.960. The molecule has 0 aliphatic heterocycles. The van der Waals surface area contributed by atoms with E-state index in [4.69, 9.17) is 10.5 Å². The first kappa shape index (κ1) is 26.9. The second-order valence-corrected chi connectivity index (χ2v) is 9.33. The lowest BCUT2D eigenvalue weighted by Gasteiger charge is -2.18. The van der Waals surface area contributed by atoms with Gasteiger partial charge >= 0.3 is 5.97 Å². The van der Waals surface area contributed by atoms with E-state index in [1.807, 2.05) is 24.3 Å². The maximum atomic E-state index is 13.1. The summed E-state index contributed by atoms with van der Waals surface area (Å²) in [7, 11) is 1.60. The third-order valence-electron chi connectivity index (χ3n) is 6.84. The predicted octanol–water partition coefficient (Wildman–Crippen LogP) is 3.79. The van der Waals surface area contributed by atoms with Crippen LogP contribution in [0.5, 0.6) is 0 Å². The zero-order valence-electron chi connectivity index (χ0n) is 21.5. The quantitative estimate of drug-likeness (QED) is 0.133. The lowest BCUT2D eigenvalue weighted by Crippen LogP contribution is -2.33. The number of nitrogens with one attached hydrogen (secondary N) is 2. The number of rotatable bonds is 11. The summed E-state index contributed by atoms with van der Waals surface area (Å²) in [4.78, 5) is 30.0. The minimum absolute atomic E-state index is 0.0338. The second kappa shape index (κ2) is 12.9. The van der Waals surface area contributed by atoms with Crippen LogP contribution in [0.2, 0.25) is 0 Å². The Labute approximate surface area is 222 Å². The highest BCUT2D eigenvalue weighted by Gasteiger charge is 2.30. The van der Waals surface area contributed by atoms with Crippen molar-refractivity contribution in [3.8, 4) is 11.1 Å². The standard InChI is InChI=1S/C30H34N4O4/c1-32-30(31)33-16-6-7-21(29(37)34-22-14-12-20(18-35)13-15-22)17-28(36)38-19-27-25-10-4-2-8-23(25)24-9-3-5-11-26(24)27/h2-5,8-15,21,27,35H,6-7,16-19H2,1H3,(H,34,37)(H3,31,32,33)/t21-/m1/s1. The molecular weight excluding hydrogens is 480 g/mol. The number of carbonyl (C=O) groups is 2. The SMILES string of the molecule is CN=C(N)NCCC[C@H](CC(=O)OCC1c2ccccc2-c2ccccc21)C(=O)Nc1ccc(CO)cc1. The lowest BCUT2D eigenvalue weighted by molar-refractivity contribution is -0.146. The Hall–Kier alpha value is -4.17. The molecule has 0 saturated heterocycles. The van der Waals surface area contributed by atoms with Gasteiger partial charge in [-0.05, 0) is 52.8 Å². The number of esters is 1. The molecule has 1 atom stereocenters. The van der Waals surface area contributed by atoms with Crippen molar-refractivity contribution in [1.29, 1.82) is 0 Å². The van der Waals surface area contributed by atoms with Gasteiger partial charge in [0.15, 0.2) is 5.96 Å². The van der Waals surface area contributed by atoms with Crippen molar-refractivity contribution in [2.75, 3.05) is 25.5 Å². The van der Waals surface area contributed by atoms with Gasteiger partial charge < -0.3 is 26.2 Å². The molecule has 38 heavy (non-hydrogen) atoms. The molecule has 0 heterocycles. The number of hydrogen-bond donors (Lipinski definition) is 4. The van der Waals surface area contributed by atoms with Gasteiger partial charge in [-0.3, -0.25) is 14.6 Å². The molecular formula is C30H34N4O4. The first-order chi connectivity index (χ1) is 18.5. The highest BCUT2D eigenvalue weighted by atomic mass is 16.5. The molecule has 1 aliphatic carbocycles. The molecule has 0 bridgehead atoms. The molecule has 0 radical (unpaired) electrons. The van der Waals surface area contributed by atoms with Gasteiger partial charge in [-0.25, -0.2) is 0 Å². The van der Waals surface area contributed by atoms with Gasteiger partial charge in [0.1, 0.15) is 6.61 Å². The van der Waals surface area contributed by atoms with Crippen LogP contribution in [-0.4, -0.2) is 43.1 Å². The molecule has 8 nitrogen and oxygen atoms in total. The van der Waals surface area contributed by atoms with Crippen molar-refractivity contribution in [2.24, 2.45) is 16.6 Å². The van der Waals surface area contributed by atoms with Crippen LogP contribution >= 0.6 is 0 Å². The molecule has 0 fully saturated rings. The molecule has 0 saturated carbocycles. The fourth-order valence-corrected chi connectivity index (χ4v) is 4.78. The van der Waals surface area contributed by atoms with E-state index in [0.29, 0.717) is 31.0 Å². The number of fused-ring (bicyclic) bond motifs is 3. The van der Waals surface area contributed by atoms with Gasteiger partial charge in [0, 0.05) is 31.1 Å². The van der Waals surface area contributed by atoms with Crippen molar-refractivity contribution in [3.63, 3.8) is 0 Å². The predicted molar refractivity (Wildman–Crippen MR) is 149 cm³/mol. The van der Waals surface area contributed by atoms with Crippen LogP contribution in [0.25, 0.3) is 11.1 Å². The van der Waals surface area contributed by atoms with Gasteiger partial charge in [0.25, 0.3) is 0 Å². The topological polar surface area (TPSA) is 126 Å². The largest absolute Gasteiger partial charge is 0.465 e. The molecule has 0 spiro atoms. The number of ether oxygens (including phenoxy) is 1. The summed E-state index contributed by atoms with van der Waals surface area (Å²) in [6.07, 6.45) is 1.05. The first-order valence-corrected chi connectivity index (χ1v) is 12.8. The summed E-state index contributed by atoms with van der Waals surface area (Å²) in [6, 6.07) is 23.3. The van der Waals surface area contributed by atoms with Crippen LogP contribution in [0.4, 0.5) is 5.69 Å². The maximum absolute atomic E-state index is 13.1. The molecule has 0 unspecified atom stereocenters. The van der Waals surface area contributed by atoms with Crippen molar-refractivity contribution in [1.82, 2.24) is 5.32 Å². The van der Waals surface area contributed by atoms with Crippen molar-refractivity contribution >= 4 is 23.5 Å². The summed E-state index contributed by atoms with van der Waals surface area (Å²) < 4.78 is 5.76. The average Bonchev–Trinajstić information content (AvgIpc) is 3.27. The van der Waals surface area contributed by atoms with Gasteiger partial charge in [-0.2, -0.15) is 0 Å². The minimum atomic E-state index is -0.579. The zero-order valence-corrected chi connectivity index (χ0v) is 21.5. The number of aliphatic hydroxyl groups is 1. The number of aliphatic hydroxyl groups excluding tert-OH is 1. The van der Waals surface area contributed by atoms with Crippen LogP contribution in [0.1, 0.15) is 41.9 Å². The van der Waals surface area contributed by atoms with Gasteiger partial charge in [0.05, 0.1) is 13.0 Å². The molecule has 4 rings (SSSR count).